The van der Waals surface area contributed by atoms with E-state index in [2.05, 4.69) is 21.0 Å². The molecule has 2 N–H and O–H groups in total. The maximum atomic E-state index is 12.7. The quantitative estimate of drug-likeness (QED) is 0.298. The standard InChI is InChI=1S/C26H25N5O2S/c1-31-18-27-30-26(31)34-17-19-12-14-22(15-13-19)25(33)29-28-24(32)16-23(20-8-4-2-5-9-20)21-10-6-3-7-11-21/h2-15,18,23H,16-17H2,1H3,(H,28,32)(H,29,33). The number of hydrogen-bond donors (Lipinski definition) is 2. The monoisotopic (exact) mass is 471 g/mol. The van der Waals surface area contributed by atoms with Gasteiger partial charge in [-0.05, 0) is 28.8 Å². The lowest BCUT2D eigenvalue weighted by Gasteiger charge is -2.18. The first-order chi connectivity index (χ1) is 16.6. The van der Waals surface area contributed by atoms with Crippen LogP contribution in [-0.4, -0.2) is 26.6 Å². The minimum atomic E-state index is -0.364. The fourth-order valence-electron chi connectivity index (χ4n) is 3.54. The highest BCUT2D eigenvalue weighted by Crippen LogP contribution is 2.27. The van der Waals surface area contributed by atoms with Gasteiger partial charge in [0.2, 0.25) is 5.91 Å². The molecule has 0 bridgehead atoms. The molecule has 0 saturated heterocycles. The summed E-state index contributed by atoms with van der Waals surface area (Å²) in [4.78, 5) is 25.2. The Hall–Kier alpha value is -3.91. The number of aryl methyl sites for hydroxylation is 1. The zero-order chi connectivity index (χ0) is 23.8. The summed E-state index contributed by atoms with van der Waals surface area (Å²) in [5.74, 6) is -0.0181. The average molecular weight is 472 g/mol. The van der Waals surface area contributed by atoms with E-state index in [0.29, 0.717) is 11.3 Å². The number of amides is 2. The van der Waals surface area contributed by atoms with Crippen molar-refractivity contribution in [3.05, 3.63) is 114 Å². The maximum Gasteiger partial charge on any atom is 0.269 e. The summed E-state index contributed by atoms with van der Waals surface area (Å²) < 4.78 is 1.86. The molecule has 0 fully saturated rings. The van der Waals surface area contributed by atoms with Gasteiger partial charge in [0.15, 0.2) is 5.16 Å². The SMILES string of the molecule is Cn1cnnc1SCc1ccc(C(=O)NNC(=O)CC(c2ccccc2)c2ccccc2)cc1. The van der Waals surface area contributed by atoms with Gasteiger partial charge in [0.05, 0.1) is 0 Å². The van der Waals surface area contributed by atoms with E-state index < -0.39 is 0 Å². The van der Waals surface area contributed by atoms with Crippen molar-refractivity contribution in [1.82, 2.24) is 25.6 Å². The van der Waals surface area contributed by atoms with Crippen LogP contribution in [-0.2, 0) is 17.6 Å². The molecule has 3 aromatic carbocycles. The number of hydrogen-bond acceptors (Lipinski definition) is 5. The molecule has 0 aliphatic heterocycles. The van der Waals surface area contributed by atoms with Gasteiger partial charge in [-0.3, -0.25) is 20.4 Å². The fourth-order valence-corrected chi connectivity index (χ4v) is 4.38. The Morgan fingerprint density at radius 1 is 0.882 bits per heavy atom. The highest BCUT2D eigenvalue weighted by atomic mass is 32.2. The Balaban J connectivity index is 1.32. The van der Waals surface area contributed by atoms with E-state index >= 15 is 0 Å². The molecule has 7 nitrogen and oxygen atoms in total. The zero-order valence-electron chi connectivity index (χ0n) is 18.7. The number of carbonyl (C=O) groups is 2. The number of thioether (sulfide) groups is 1. The van der Waals surface area contributed by atoms with Crippen LogP contribution in [0.15, 0.2) is 96.4 Å². The number of benzene rings is 3. The first kappa shape index (κ1) is 23.3. The van der Waals surface area contributed by atoms with Gasteiger partial charge in [-0.25, -0.2) is 0 Å². The Labute approximate surface area is 202 Å². The highest BCUT2D eigenvalue weighted by Gasteiger charge is 2.18. The van der Waals surface area contributed by atoms with E-state index in [0.717, 1.165) is 21.8 Å². The lowest BCUT2D eigenvalue weighted by molar-refractivity contribution is -0.122. The van der Waals surface area contributed by atoms with E-state index in [1.165, 1.54) is 0 Å². The summed E-state index contributed by atoms with van der Waals surface area (Å²) in [7, 11) is 1.89. The second-order valence-electron chi connectivity index (χ2n) is 7.79. The minimum absolute atomic E-state index is 0.106. The third-order valence-corrected chi connectivity index (χ3v) is 6.47. The lowest BCUT2D eigenvalue weighted by Crippen LogP contribution is -2.42. The third kappa shape index (κ3) is 6.11. The molecule has 0 spiro atoms. The maximum absolute atomic E-state index is 12.7. The van der Waals surface area contributed by atoms with Crippen LogP contribution >= 0.6 is 11.8 Å². The molecule has 8 heteroatoms. The van der Waals surface area contributed by atoms with E-state index in [1.807, 2.05) is 84.4 Å². The third-order valence-electron chi connectivity index (χ3n) is 5.36. The predicted molar refractivity (Wildman–Crippen MR) is 132 cm³/mol. The number of nitrogens with zero attached hydrogens (tertiary/aromatic N) is 3. The normalized spacial score (nSPS) is 10.8. The molecule has 0 aliphatic carbocycles. The van der Waals surface area contributed by atoms with Crippen LogP contribution in [0.3, 0.4) is 0 Å². The summed E-state index contributed by atoms with van der Waals surface area (Å²) in [6.45, 7) is 0. The van der Waals surface area contributed by atoms with Crippen LogP contribution in [0.25, 0.3) is 0 Å². The molecular formula is C26H25N5O2S. The summed E-state index contributed by atoms with van der Waals surface area (Å²) in [5.41, 5.74) is 8.70. The summed E-state index contributed by atoms with van der Waals surface area (Å²) in [6, 6.07) is 27.0. The van der Waals surface area contributed by atoms with Crippen molar-refractivity contribution in [3.8, 4) is 0 Å². The van der Waals surface area contributed by atoms with Crippen LogP contribution in [0.5, 0.6) is 0 Å². The molecular weight excluding hydrogens is 446 g/mol. The molecule has 2 amide bonds. The average Bonchev–Trinajstić information content (AvgIpc) is 3.30. The van der Waals surface area contributed by atoms with Crippen molar-refractivity contribution in [2.24, 2.45) is 7.05 Å². The number of aromatic nitrogens is 3. The number of nitrogens with one attached hydrogen (secondary N) is 2. The van der Waals surface area contributed by atoms with Crippen LogP contribution in [0.1, 0.15) is 39.4 Å². The van der Waals surface area contributed by atoms with Gasteiger partial charge < -0.3 is 4.57 Å². The summed E-state index contributed by atoms with van der Waals surface area (Å²) >= 11 is 1.57. The molecule has 0 atom stereocenters. The molecule has 34 heavy (non-hydrogen) atoms. The van der Waals surface area contributed by atoms with E-state index in [9.17, 15) is 9.59 Å². The van der Waals surface area contributed by atoms with Crippen LogP contribution in [0.4, 0.5) is 0 Å². The van der Waals surface area contributed by atoms with Crippen molar-refractivity contribution in [2.45, 2.75) is 23.2 Å². The van der Waals surface area contributed by atoms with Crippen molar-refractivity contribution in [1.29, 1.82) is 0 Å². The molecule has 4 aromatic rings. The molecule has 4 rings (SSSR count). The second kappa shape index (κ2) is 11.3. The van der Waals surface area contributed by atoms with Crippen molar-refractivity contribution < 1.29 is 9.59 Å². The van der Waals surface area contributed by atoms with Crippen LogP contribution in [0, 0.1) is 0 Å². The van der Waals surface area contributed by atoms with Gasteiger partial charge in [-0.2, -0.15) is 0 Å². The van der Waals surface area contributed by atoms with E-state index in [-0.39, 0.29) is 24.2 Å². The summed E-state index contributed by atoms with van der Waals surface area (Å²) in [6.07, 6.45) is 1.87. The zero-order valence-corrected chi connectivity index (χ0v) is 19.5. The number of carbonyl (C=O) groups excluding carboxylic acids is 2. The molecule has 0 saturated carbocycles. The summed E-state index contributed by atoms with van der Waals surface area (Å²) in [5, 5.41) is 8.74. The minimum Gasteiger partial charge on any atom is -0.312 e. The largest absolute Gasteiger partial charge is 0.312 e. The van der Waals surface area contributed by atoms with Gasteiger partial charge in [-0.15, -0.1) is 10.2 Å². The topological polar surface area (TPSA) is 88.9 Å². The lowest BCUT2D eigenvalue weighted by atomic mass is 9.88. The molecule has 0 unspecified atom stereocenters. The van der Waals surface area contributed by atoms with E-state index in [4.69, 9.17) is 0 Å². The predicted octanol–water partition coefficient (Wildman–Crippen LogP) is 4.09. The molecule has 172 valence electrons. The number of rotatable bonds is 8. The number of hydrazine groups is 1. The highest BCUT2D eigenvalue weighted by molar-refractivity contribution is 7.98. The molecule has 0 radical (unpaired) electrons. The smallest absolute Gasteiger partial charge is 0.269 e. The molecule has 0 aliphatic rings. The van der Waals surface area contributed by atoms with Crippen molar-refractivity contribution in [3.63, 3.8) is 0 Å². The first-order valence-corrected chi connectivity index (χ1v) is 11.8. The van der Waals surface area contributed by atoms with E-state index in [1.54, 1.807) is 30.2 Å². The van der Waals surface area contributed by atoms with Gasteiger partial charge in [0.1, 0.15) is 6.33 Å². The van der Waals surface area contributed by atoms with Crippen molar-refractivity contribution in [2.75, 3.05) is 0 Å². The fraction of sp³-hybridized carbons (Fsp3) is 0.154. The Kier molecular flexibility index (Phi) is 7.72. The Morgan fingerprint density at radius 3 is 2.06 bits per heavy atom. The Bertz CT molecular complexity index is 1190. The molecule has 1 aromatic heterocycles. The second-order valence-corrected chi connectivity index (χ2v) is 8.73. The first-order valence-electron chi connectivity index (χ1n) is 10.8. The van der Waals surface area contributed by atoms with Gasteiger partial charge >= 0.3 is 0 Å². The molecule has 1 heterocycles. The van der Waals surface area contributed by atoms with Gasteiger partial charge in [-0.1, -0.05) is 84.6 Å². The van der Waals surface area contributed by atoms with Crippen LogP contribution < -0.4 is 10.9 Å². The van der Waals surface area contributed by atoms with Crippen molar-refractivity contribution >= 4 is 23.6 Å². The Morgan fingerprint density at radius 2 is 1.50 bits per heavy atom. The van der Waals surface area contributed by atoms with Gasteiger partial charge in [0, 0.05) is 30.7 Å². The van der Waals surface area contributed by atoms with Gasteiger partial charge in [0.25, 0.3) is 5.91 Å². The van der Waals surface area contributed by atoms with Crippen LogP contribution in [0.2, 0.25) is 0 Å².